The minimum absolute atomic E-state index is 0.249. The molecule has 0 fully saturated rings. The van der Waals surface area contributed by atoms with Gasteiger partial charge in [-0.3, -0.25) is 0 Å². The van der Waals surface area contributed by atoms with E-state index in [4.69, 9.17) is 14.2 Å². The van der Waals surface area contributed by atoms with Gasteiger partial charge in [-0.05, 0) is 64.1 Å². The van der Waals surface area contributed by atoms with Crippen molar-refractivity contribution in [3.8, 4) is 11.5 Å². The van der Waals surface area contributed by atoms with Gasteiger partial charge in [-0.15, -0.1) is 0 Å². The van der Waals surface area contributed by atoms with Crippen LogP contribution in [-0.4, -0.2) is 38.3 Å². The number of likely N-dealkylation sites (N-methyl/N-ethyl adjacent to an activating group) is 1. The summed E-state index contributed by atoms with van der Waals surface area (Å²) in [5, 5.41) is 0. The van der Waals surface area contributed by atoms with Gasteiger partial charge in [-0.2, -0.15) is 0 Å². The van der Waals surface area contributed by atoms with E-state index in [1.165, 1.54) is 21.6 Å². The van der Waals surface area contributed by atoms with Gasteiger partial charge in [0.15, 0.2) is 0 Å². The van der Waals surface area contributed by atoms with Gasteiger partial charge in [0, 0.05) is 7.05 Å². The van der Waals surface area contributed by atoms with Crippen LogP contribution >= 0.6 is 0 Å². The van der Waals surface area contributed by atoms with E-state index in [0.717, 1.165) is 34.6 Å². The van der Waals surface area contributed by atoms with Crippen molar-refractivity contribution < 1.29 is 19.0 Å². The third-order valence-electron chi connectivity index (χ3n) is 6.51. The van der Waals surface area contributed by atoms with Gasteiger partial charge in [0.05, 0.1) is 13.7 Å². The highest BCUT2D eigenvalue weighted by Gasteiger charge is 2.14. The average Bonchev–Trinajstić information content (AvgIpc) is 3.00. The van der Waals surface area contributed by atoms with Crippen LogP contribution in [0.5, 0.6) is 11.5 Å². The molecule has 5 nitrogen and oxygen atoms in total. The van der Waals surface area contributed by atoms with E-state index in [-0.39, 0.29) is 12.7 Å². The number of nitrogens with zero attached hydrogens (tertiary/aromatic N) is 1. The lowest BCUT2D eigenvalue weighted by molar-refractivity contribution is 0.0994. The Kier molecular flexibility index (Phi) is 9.79. The summed E-state index contributed by atoms with van der Waals surface area (Å²) in [6, 6.07) is 36.4. The lowest BCUT2D eigenvalue weighted by atomic mass is 9.88. The number of methoxy groups -OCH3 is 1. The molecule has 5 heteroatoms. The van der Waals surface area contributed by atoms with Crippen molar-refractivity contribution in [2.75, 3.05) is 27.3 Å². The molecular weight excluding hydrogens is 486 g/mol. The van der Waals surface area contributed by atoms with Gasteiger partial charge in [-0.1, -0.05) is 91.9 Å². The lowest BCUT2D eigenvalue weighted by Gasteiger charge is -2.18. The number of hydrogen-bond donors (Lipinski definition) is 0. The number of ether oxygens (including phenoxy) is 3. The first-order valence-corrected chi connectivity index (χ1v) is 13.2. The van der Waals surface area contributed by atoms with Crippen LogP contribution in [0.25, 0.3) is 11.1 Å². The molecule has 4 aromatic rings. The summed E-state index contributed by atoms with van der Waals surface area (Å²) in [6.45, 7) is 3.21. The van der Waals surface area contributed by atoms with Crippen LogP contribution in [0.2, 0.25) is 0 Å². The zero-order valence-electron chi connectivity index (χ0n) is 22.8. The normalized spacial score (nSPS) is 11.4. The Morgan fingerprint density at radius 2 is 1.28 bits per heavy atom. The fourth-order valence-electron chi connectivity index (χ4n) is 4.38. The molecule has 0 N–H and O–H groups in total. The standard InChI is InChI=1S/C34H35NO4/c1-4-32(27-13-9-6-10-14-27)33(28-15-19-30(37-3)20-16-28)29-17-21-31(22-18-29)38-24-23-35(2)34(36)39-25-26-11-7-5-8-12-26/h5-22H,4,23-25H2,1-3H3/b33-32-. The number of allylic oxidation sites excluding steroid dienone is 1. The van der Waals surface area contributed by atoms with Gasteiger partial charge >= 0.3 is 6.09 Å². The Hall–Kier alpha value is -4.51. The Labute approximate surface area is 231 Å². The minimum atomic E-state index is -0.375. The molecule has 0 aliphatic carbocycles. The predicted molar refractivity (Wildman–Crippen MR) is 157 cm³/mol. The third kappa shape index (κ3) is 7.51. The van der Waals surface area contributed by atoms with E-state index in [9.17, 15) is 4.79 Å². The SMILES string of the molecule is CC/C(=C(\c1ccc(OC)cc1)c1ccc(OCCN(C)C(=O)OCc2ccccc2)cc1)c1ccccc1. The number of carbonyl (C=O) groups excluding carboxylic acids is 1. The molecular formula is C34H35NO4. The van der Waals surface area contributed by atoms with Crippen LogP contribution in [-0.2, 0) is 11.3 Å². The first-order valence-electron chi connectivity index (χ1n) is 13.2. The second-order valence-corrected chi connectivity index (χ2v) is 9.14. The highest BCUT2D eigenvalue weighted by atomic mass is 16.6. The zero-order valence-corrected chi connectivity index (χ0v) is 22.8. The van der Waals surface area contributed by atoms with Crippen LogP contribution in [0.15, 0.2) is 109 Å². The van der Waals surface area contributed by atoms with Crippen molar-refractivity contribution >= 4 is 17.2 Å². The molecule has 0 heterocycles. The highest BCUT2D eigenvalue weighted by molar-refractivity contribution is 5.98. The Bertz CT molecular complexity index is 1350. The van der Waals surface area contributed by atoms with E-state index in [2.05, 4.69) is 55.5 Å². The molecule has 0 unspecified atom stereocenters. The summed E-state index contributed by atoms with van der Waals surface area (Å²) >= 11 is 0. The van der Waals surface area contributed by atoms with E-state index < -0.39 is 0 Å². The maximum absolute atomic E-state index is 12.3. The molecule has 39 heavy (non-hydrogen) atoms. The number of rotatable bonds is 11. The molecule has 0 aromatic heterocycles. The van der Waals surface area contributed by atoms with Crippen molar-refractivity contribution in [1.29, 1.82) is 0 Å². The first-order chi connectivity index (χ1) is 19.1. The molecule has 0 spiro atoms. The molecule has 0 aliphatic rings. The lowest BCUT2D eigenvalue weighted by Crippen LogP contribution is -2.31. The van der Waals surface area contributed by atoms with Gasteiger partial charge in [-0.25, -0.2) is 4.79 Å². The van der Waals surface area contributed by atoms with Gasteiger partial charge in [0.25, 0.3) is 0 Å². The molecule has 0 saturated carbocycles. The summed E-state index contributed by atoms with van der Waals surface area (Å²) in [5.74, 6) is 1.57. The first kappa shape index (κ1) is 27.5. The van der Waals surface area contributed by atoms with Crippen LogP contribution < -0.4 is 9.47 Å². The number of carbonyl (C=O) groups is 1. The zero-order chi connectivity index (χ0) is 27.5. The molecule has 200 valence electrons. The monoisotopic (exact) mass is 521 g/mol. The largest absolute Gasteiger partial charge is 0.497 e. The molecule has 0 saturated heterocycles. The number of amides is 1. The molecule has 0 radical (unpaired) electrons. The summed E-state index contributed by atoms with van der Waals surface area (Å²) in [7, 11) is 3.39. The van der Waals surface area contributed by atoms with Gasteiger partial charge in [0.2, 0.25) is 0 Å². The van der Waals surface area contributed by atoms with E-state index in [0.29, 0.717) is 13.2 Å². The van der Waals surface area contributed by atoms with Crippen molar-refractivity contribution in [1.82, 2.24) is 4.90 Å². The van der Waals surface area contributed by atoms with Crippen molar-refractivity contribution in [3.05, 3.63) is 131 Å². The summed E-state index contributed by atoms with van der Waals surface area (Å²) in [4.78, 5) is 13.8. The number of benzene rings is 4. The molecule has 4 rings (SSSR count). The Balaban J connectivity index is 1.44. The van der Waals surface area contributed by atoms with Crippen molar-refractivity contribution in [2.45, 2.75) is 20.0 Å². The van der Waals surface area contributed by atoms with Crippen LogP contribution in [0, 0.1) is 0 Å². The molecule has 0 atom stereocenters. The predicted octanol–water partition coefficient (Wildman–Crippen LogP) is 7.71. The fraction of sp³-hybridized carbons (Fsp3) is 0.206. The quantitative estimate of drug-likeness (QED) is 0.190. The summed E-state index contributed by atoms with van der Waals surface area (Å²) in [5.41, 5.74) is 6.84. The summed E-state index contributed by atoms with van der Waals surface area (Å²) in [6.07, 6.45) is 0.510. The third-order valence-corrected chi connectivity index (χ3v) is 6.51. The van der Waals surface area contributed by atoms with Gasteiger partial charge < -0.3 is 19.1 Å². The minimum Gasteiger partial charge on any atom is -0.497 e. The number of hydrogen-bond acceptors (Lipinski definition) is 4. The fourth-order valence-corrected chi connectivity index (χ4v) is 4.38. The topological polar surface area (TPSA) is 48.0 Å². The second kappa shape index (κ2) is 13.9. The van der Waals surface area contributed by atoms with E-state index >= 15 is 0 Å². The molecule has 0 bridgehead atoms. The van der Waals surface area contributed by atoms with Crippen molar-refractivity contribution in [2.24, 2.45) is 0 Å². The van der Waals surface area contributed by atoms with Gasteiger partial charge in [0.1, 0.15) is 24.7 Å². The van der Waals surface area contributed by atoms with Crippen LogP contribution in [0.3, 0.4) is 0 Å². The smallest absolute Gasteiger partial charge is 0.409 e. The van der Waals surface area contributed by atoms with Crippen LogP contribution in [0.1, 0.15) is 35.6 Å². The van der Waals surface area contributed by atoms with E-state index in [1.54, 1.807) is 14.2 Å². The molecule has 4 aromatic carbocycles. The highest BCUT2D eigenvalue weighted by Crippen LogP contribution is 2.35. The molecule has 1 amide bonds. The molecule has 0 aliphatic heterocycles. The average molecular weight is 522 g/mol. The second-order valence-electron chi connectivity index (χ2n) is 9.14. The Morgan fingerprint density at radius 1 is 0.718 bits per heavy atom. The maximum Gasteiger partial charge on any atom is 0.409 e. The Morgan fingerprint density at radius 3 is 1.85 bits per heavy atom. The van der Waals surface area contributed by atoms with Crippen molar-refractivity contribution in [3.63, 3.8) is 0 Å². The van der Waals surface area contributed by atoms with E-state index in [1.807, 2.05) is 60.7 Å². The maximum atomic E-state index is 12.3. The van der Waals surface area contributed by atoms with Crippen LogP contribution in [0.4, 0.5) is 4.79 Å². The summed E-state index contributed by atoms with van der Waals surface area (Å²) < 4.78 is 16.7.